The summed E-state index contributed by atoms with van der Waals surface area (Å²) in [7, 11) is 0. The van der Waals surface area contributed by atoms with E-state index in [1.807, 2.05) is 30.9 Å². The van der Waals surface area contributed by atoms with Crippen molar-refractivity contribution in [1.82, 2.24) is 9.88 Å². The molecule has 2 aromatic rings. The fourth-order valence-electron chi connectivity index (χ4n) is 5.10. The maximum atomic E-state index is 13.0. The quantitative estimate of drug-likeness (QED) is 0.661. The smallest absolute Gasteiger partial charge is 0.231 e. The van der Waals surface area contributed by atoms with Crippen LogP contribution in [0.4, 0.5) is 16.5 Å². The van der Waals surface area contributed by atoms with E-state index in [0.29, 0.717) is 43.5 Å². The predicted octanol–water partition coefficient (Wildman–Crippen LogP) is 3.67. The first-order chi connectivity index (χ1) is 16.9. The third kappa shape index (κ3) is 5.19. The number of nitrogens with zero attached hydrogens (tertiary/aromatic N) is 4. The van der Waals surface area contributed by atoms with Crippen molar-refractivity contribution in [3.63, 3.8) is 0 Å². The first kappa shape index (κ1) is 23.8. The van der Waals surface area contributed by atoms with Crippen LogP contribution >= 0.6 is 11.3 Å². The van der Waals surface area contributed by atoms with Gasteiger partial charge in [0.2, 0.25) is 17.7 Å². The van der Waals surface area contributed by atoms with Crippen molar-refractivity contribution in [1.29, 1.82) is 0 Å². The van der Waals surface area contributed by atoms with Crippen LogP contribution in [0.1, 0.15) is 50.1 Å². The Kier molecular flexibility index (Phi) is 6.77. The van der Waals surface area contributed by atoms with Crippen LogP contribution in [0.3, 0.4) is 0 Å². The van der Waals surface area contributed by atoms with Gasteiger partial charge in [0.15, 0.2) is 5.13 Å². The Morgan fingerprint density at radius 2 is 1.83 bits per heavy atom. The second kappa shape index (κ2) is 9.97. The molecule has 0 aliphatic carbocycles. The average molecular weight is 496 g/mol. The zero-order valence-electron chi connectivity index (χ0n) is 20.5. The Morgan fingerprint density at radius 1 is 1.11 bits per heavy atom. The highest BCUT2D eigenvalue weighted by molar-refractivity contribution is 7.15. The topological polar surface area (TPSA) is 85.8 Å². The number of aromatic nitrogens is 1. The van der Waals surface area contributed by atoms with Crippen LogP contribution in [0, 0.1) is 11.8 Å². The molecule has 9 heteroatoms. The molecule has 1 aromatic carbocycles. The lowest BCUT2D eigenvalue weighted by molar-refractivity contribution is -0.132. The van der Waals surface area contributed by atoms with Gasteiger partial charge in [0.05, 0.1) is 18.2 Å². The maximum absolute atomic E-state index is 13.0. The minimum Gasteiger partial charge on any atom is -0.372 e. The van der Waals surface area contributed by atoms with E-state index in [1.165, 1.54) is 29.9 Å². The molecular weight excluding hydrogens is 462 g/mol. The molecule has 35 heavy (non-hydrogen) atoms. The normalized spacial score (nSPS) is 20.0. The molecule has 1 N–H and O–H groups in total. The van der Waals surface area contributed by atoms with E-state index in [4.69, 9.17) is 0 Å². The third-order valence-electron chi connectivity index (χ3n) is 7.03. The van der Waals surface area contributed by atoms with E-state index >= 15 is 0 Å². The number of hydrogen-bond donors (Lipinski definition) is 1. The molecule has 186 valence electrons. The van der Waals surface area contributed by atoms with E-state index in [9.17, 15) is 14.4 Å². The Labute approximate surface area is 210 Å². The van der Waals surface area contributed by atoms with Gasteiger partial charge in [-0.1, -0.05) is 25.2 Å². The maximum Gasteiger partial charge on any atom is 0.231 e. The number of benzene rings is 1. The van der Waals surface area contributed by atoms with Crippen LogP contribution in [0.5, 0.6) is 0 Å². The molecule has 0 radical (unpaired) electrons. The summed E-state index contributed by atoms with van der Waals surface area (Å²) in [6.45, 7) is 7.85. The predicted molar refractivity (Wildman–Crippen MR) is 138 cm³/mol. The molecule has 1 atom stereocenters. The Bertz CT molecular complexity index is 1110. The number of carbonyl (C=O) groups excluding carboxylic acids is 3. The highest BCUT2D eigenvalue weighted by Crippen LogP contribution is 2.32. The standard InChI is InChI=1S/C26H33N5O3S/c1-17(2)13-23(32)30-12-9-21-22(16-30)35-26(27-21)28-25(34)18-14-24(33)31(15-18)20-7-5-19(6-8-20)29-10-3-4-11-29/h5-8,17-18H,3-4,9-16H2,1-2H3,(H,27,28,34). The largest absolute Gasteiger partial charge is 0.372 e. The first-order valence-electron chi connectivity index (χ1n) is 12.6. The highest BCUT2D eigenvalue weighted by Gasteiger charge is 2.36. The van der Waals surface area contributed by atoms with E-state index < -0.39 is 5.92 Å². The van der Waals surface area contributed by atoms with E-state index in [1.54, 1.807) is 4.90 Å². The first-order valence-corrected chi connectivity index (χ1v) is 13.4. The number of nitrogens with one attached hydrogen (secondary N) is 1. The fourth-order valence-corrected chi connectivity index (χ4v) is 6.13. The van der Waals surface area contributed by atoms with Crippen LogP contribution in [-0.4, -0.2) is 53.8 Å². The zero-order valence-corrected chi connectivity index (χ0v) is 21.3. The van der Waals surface area contributed by atoms with E-state index in [0.717, 1.165) is 29.3 Å². The van der Waals surface area contributed by atoms with Crippen molar-refractivity contribution in [3.8, 4) is 0 Å². The van der Waals surface area contributed by atoms with Crippen LogP contribution in [0.25, 0.3) is 0 Å². The van der Waals surface area contributed by atoms with Crippen molar-refractivity contribution in [2.45, 2.75) is 52.5 Å². The minimum absolute atomic E-state index is 0.0307. The molecular formula is C26H33N5O3S. The number of thiazole rings is 1. The second-order valence-corrected chi connectivity index (χ2v) is 11.2. The fraction of sp³-hybridized carbons (Fsp3) is 0.538. The molecule has 1 unspecified atom stereocenters. The summed E-state index contributed by atoms with van der Waals surface area (Å²) in [5.41, 5.74) is 2.98. The average Bonchev–Trinajstić information content (AvgIpc) is 3.58. The van der Waals surface area contributed by atoms with Gasteiger partial charge in [-0.3, -0.25) is 14.4 Å². The van der Waals surface area contributed by atoms with Gasteiger partial charge >= 0.3 is 0 Å². The Morgan fingerprint density at radius 3 is 2.54 bits per heavy atom. The van der Waals surface area contributed by atoms with Crippen LogP contribution in [-0.2, 0) is 27.3 Å². The van der Waals surface area contributed by atoms with Crippen molar-refractivity contribution in [2.75, 3.05) is 41.3 Å². The van der Waals surface area contributed by atoms with Crippen molar-refractivity contribution < 1.29 is 14.4 Å². The van der Waals surface area contributed by atoms with Gasteiger partial charge in [0, 0.05) is 61.7 Å². The van der Waals surface area contributed by atoms with Gasteiger partial charge < -0.3 is 20.0 Å². The van der Waals surface area contributed by atoms with Gasteiger partial charge in [-0.25, -0.2) is 4.98 Å². The number of anilines is 3. The third-order valence-corrected chi connectivity index (χ3v) is 8.02. The molecule has 2 saturated heterocycles. The van der Waals surface area contributed by atoms with Crippen LogP contribution < -0.4 is 15.1 Å². The molecule has 3 aliphatic rings. The number of amides is 3. The summed E-state index contributed by atoms with van der Waals surface area (Å²) >= 11 is 1.43. The molecule has 0 bridgehead atoms. The summed E-state index contributed by atoms with van der Waals surface area (Å²) in [6.07, 6.45) is 3.89. The van der Waals surface area contributed by atoms with Crippen molar-refractivity contribution in [2.24, 2.45) is 11.8 Å². The van der Waals surface area contributed by atoms with E-state index in [-0.39, 0.29) is 24.1 Å². The number of carbonyl (C=O) groups is 3. The second-order valence-electron chi connectivity index (χ2n) is 10.2. The number of fused-ring (bicyclic) bond motifs is 1. The highest BCUT2D eigenvalue weighted by atomic mass is 32.1. The molecule has 3 amide bonds. The van der Waals surface area contributed by atoms with Gasteiger partial charge in [-0.15, -0.1) is 0 Å². The number of hydrogen-bond acceptors (Lipinski definition) is 6. The molecule has 3 aliphatic heterocycles. The van der Waals surface area contributed by atoms with Gasteiger partial charge in [-0.05, 0) is 43.0 Å². The molecule has 5 rings (SSSR count). The minimum atomic E-state index is -0.411. The summed E-state index contributed by atoms with van der Waals surface area (Å²) < 4.78 is 0. The number of rotatable bonds is 6. The van der Waals surface area contributed by atoms with Gasteiger partial charge in [0.1, 0.15) is 0 Å². The summed E-state index contributed by atoms with van der Waals surface area (Å²) in [6, 6.07) is 8.09. The molecule has 1 aromatic heterocycles. The van der Waals surface area contributed by atoms with Gasteiger partial charge in [0.25, 0.3) is 0 Å². The molecule has 4 heterocycles. The van der Waals surface area contributed by atoms with Crippen LogP contribution in [0.15, 0.2) is 24.3 Å². The Balaban J connectivity index is 1.19. The monoisotopic (exact) mass is 495 g/mol. The van der Waals surface area contributed by atoms with Crippen LogP contribution in [0.2, 0.25) is 0 Å². The van der Waals surface area contributed by atoms with Gasteiger partial charge in [-0.2, -0.15) is 0 Å². The molecule has 0 spiro atoms. The summed E-state index contributed by atoms with van der Waals surface area (Å²) in [5, 5.41) is 3.49. The Hall–Kier alpha value is -2.94. The molecule has 0 saturated carbocycles. The lowest BCUT2D eigenvalue weighted by Gasteiger charge is -2.26. The molecule has 2 fully saturated rings. The molecule has 8 nitrogen and oxygen atoms in total. The lowest BCUT2D eigenvalue weighted by Crippen LogP contribution is -2.36. The summed E-state index contributed by atoms with van der Waals surface area (Å²) in [4.78, 5) is 49.7. The van der Waals surface area contributed by atoms with Crippen molar-refractivity contribution in [3.05, 3.63) is 34.8 Å². The SMILES string of the molecule is CC(C)CC(=O)N1CCc2nc(NC(=O)C3CC(=O)N(c4ccc(N5CCCC5)cc4)C3)sc2C1. The lowest BCUT2D eigenvalue weighted by atomic mass is 10.1. The zero-order chi connectivity index (χ0) is 24.5. The van der Waals surface area contributed by atoms with Crippen molar-refractivity contribution >= 4 is 45.6 Å². The van der Waals surface area contributed by atoms with E-state index in [2.05, 4.69) is 27.3 Å². The summed E-state index contributed by atoms with van der Waals surface area (Å²) in [5.74, 6) is -0.115.